The SMILES string of the molecule is O=C(NCc1cccnc1)Nc1ccc(S(=O)(=O)Nc2ccccc2N2CCCCC2)cc1. The molecule has 33 heavy (non-hydrogen) atoms. The van der Waals surface area contributed by atoms with Crippen LogP contribution < -0.4 is 20.3 Å². The molecule has 0 spiro atoms. The molecule has 2 amide bonds. The van der Waals surface area contributed by atoms with Crippen molar-refractivity contribution in [2.75, 3.05) is 28.0 Å². The summed E-state index contributed by atoms with van der Waals surface area (Å²) in [5, 5.41) is 5.44. The number of carbonyl (C=O) groups excluding carboxylic acids is 1. The van der Waals surface area contributed by atoms with Gasteiger partial charge < -0.3 is 15.5 Å². The number of para-hydroxylation sites is 2. The van der Waals surface area contributed by atoms with Crippen LogP contribution in [-0.2, 0) is 16.6 Å². The van der Waals surface area contributed by atoms with Crippen LogP contribution in [0.5, 0.6) is 0 Å². The van der Waals surface area contributed by atoms with Crippen LogP contribution in [0.2, 0.25) is 0 Å². The average molecular weight is 466 g/mol. The van der Waals surface area contributed by atoms with E-state index >= 15 is 0 Å². The molecule has 0 aliphatic carbocycles. The summed E-state index contributed by atoms with van der Waals surface area (Å²) >= 11 is 0. The molecule has 0 unspecified atom stereocenters. The van der Waals surface area contributed by atoms with Gasteiger partial charge in [0, 0.05) is 37.7 Å². The van der Waals surface area contributed by atoms with Gasteiger partial charge in [-0.05, 0) is 67.3 Å². The third-order valence-corrected chi connectivity index (χ3v) is 6.82. The second kappa shape index (κ2) is 10.4. The van der Waals surface area contributed by atoms with Crippen molar-refractivity contribution in [3.05, 3.63) is 78.6 Å². The zero-order valence-electron chi connectivity index (χ0n) is 18.2. The molecule has 1 fully saturated rings. The Bertz CT molecular complexity index is 1180. The topological polar surface area (TPSA) is 103 Å². The van der Waals surface area contributed by atoms with Crippen LogP contribution in [0.1, 0.15) is 24.8 Å². The van der Waals surface area contributed by atoms with E-state index in [0.717, 1.165) is 37.2 Å². The van der Waals surface area contributed by atoms with Gasteiger partial charge >= 0.3 is 6.03 Å². The number of sulfonamides is 1. The lowest BCUT2D eigenvalue weighted by Gasteiger charge is -2.30. The summed E-state index contributed by atoms with van der Waals surface area (Å²) in [5.41, 5.74) is 2.83. The lowest BCUT2D eigenvalue weighted by molar-refractivity contribution is 0.251. The number of carbonyl (C=O) groups is 1. The summed E-state index contributed by atoms with van der Waals surface area (Å²) in [6.45, 7) is 2.18. The van der Waals surface area contributed by atoms with Gasteiger partial charge in [0.15, 0.2) is 0 Å². The molecule has 8 nitrogen and oxygen atoms in total. The summed E-state index contributed by atoms with van der Waals surface area (Å²) in [5.74, 6) is 0. The molecule has 0 radical (unpaired) electrons. The maximum atomic E-state index is 13.0. The highest BCUT2D eigenvalue weighted by molar-refractivity contribution is 7.92. The molecule has 3 aromatic rings. The number of anilines is 3. The van der Waals surface area contributed by atoms with E-state index in [1.807, 2.05) is 24.3 Å². The van der Waals surface area contributed by atoms with E-state index in [2.05, 4.69) is 25.2 Å². The van der Waals surface area contributed by atoms with Crippen LogP contribution in [-0.4, -0.2) is 32.5 Å². The molecule has 4 rings (SSSR count). The number of pyridine rings is 1. The number of aromatic nitrogens is 1. The zero-order chi connectivity index (χ0) is 23.1. The van der Waals surface area contributed by atoms with Crippen molar-refractivity contribution in [1.29, 1.82) is 0 Å². The predicted octanol–water partition coefficient (Wildman–Crippen LogP) is 4.19. The number of urea groups is 1. The third kappa shape index (κ3) is 6.01. The highest BCUT2D eigenvalue weighted by atomic mass is 32.2. The Labute approximate surface area is 194 Å². The minimum Gasteiger partial charge on any atom is -0.370 e. The van der Waals surface area contributed by atoms with Crippen LogP contribution in [0.25, 0.3) is 0 Å². The first-order valence-corrected chi connectivity index (χ1v) is 12.4. The van der Waals surface area contributed by atoms with Gasteiger partial charge in [-0.1, -0.05) is 18.2 Å². The molecule has 172 valence electrons. The highest BCUT2D eigenvalue weighted by Gasteiger charge is 2.19. The number of nitrogens with zero attached hydrogens (tertiary/aromatic N) is 2. The second-order valence-corrected chi connectivity index (χ2v) is 9.55. The maximum Gasteiger partial charge on any atom is 0.319 e. The Morgan fingerprint density at radius 1 is 0.939 bits per heavy atom. The van der Waals surface area contributed by atoms with Gasteiger partial charge in [0.2, 0.25) is 0 Å². The first-order valence-electron chi connectivity index (χ1n) is 10.9. The van der Waals surface area contributed by atoms with Gasteiger partial charge in [-0.2, -0.15) is 0 Å². The second-order valence-electron chi connectivity index (χ2n) is 7.86. The molecular weight excluding hydrogens is 438 g/mol. The van der Waals surface area contributed by atoms with E-state index in [1.54, 1.807) is 36.7 Å². The Balaban J connectivity index is 1.39. The lowest BCUT2D eigenvalue weighted by Crippen LogP contribution is -2.30. The van der Waals surface area contributed by atoms with Crippen molar-refractivity contribution in [3.63, 3.8) is 0 Å². The molecule has 3 N–H and O–H groups in total. The normalized spacial score (nSPS) is 13.9. The summed E-state index contributed by atoms with van der Waals surface area (Å²) in [4.78, 5) is 18.5. The summed E-state index contributed by atoms with van der Waals surface area (Å²) in [7, 11) is -3.78. The van der Waals surface area contributed by atoms with Crippen molar-refractivity contribution in [3.8, 4) is 0 Å². The van der Waals surface area contributed by atoms with Crippen LogP contribution in [0.4, 0.5) is 21.9 Å². The molecule has 1 saturated heterocycles. The van der Waals surface area contributed by atoms with E-state index < -0.39 is 10.0 Å². The maximum absolute atomic E-state index is 13.0. The largest absolute Gasteiger partial charge is 0.370 e. The third-order valence-electron chi connectivity index (χ3n) is 5.44. The number of rotatable bonds is 7. The Kier molecular flexibility index (Phi) is 7.09. The van der Waals surface area contributed by atoms with Crippen molar-refractivity contribution in [2.45, 2.75) is 30.7 Å². The minimum absolute atomic E-state index is 0.122. The predicted molar refractivity (Wildman–Crippen MR) is 130 cm³/mol. The van der Waals surface area contributed by atoms with Crippen LogP contribution in [0, 0.1) is 0 Å². The first-order chi connectivity index (χ1) is 16.0. The number of nitrogens with one attached hydrogen (secondary N) is 3. The van der Waals surface area contributed by atoms with Crippen LogP contribution in [0.15, 0.2) is 78.0 Å². The summed E-state index contributed by atoms with van der Waals surface area (Å²) < 4.78 is 28.7. The van der Waals surface area contributed by atoms with Crippen LogP contribution >= 0.6 is 0 Å². The Morgan fingerprint density at radius 3 is 2.42 bits per heavy atom. The van der Waals surface area contributed by atoms with Gasteiger partial charge in [0.05, 0.1) is 16.3 Å². The summed E-state index contributed by atoms with van der Waals surface area (Å²) in [6, 6.07) is 16.8. The fraction of sp³-hybridized carbons (Fsp3) is 0.250. The molecule has 0 bridgehead atoms. The van der Waals surface area contributed by atoms with Gasteiger partial charge in [0.1, 0.15) is 0 Å². The number of amides is 2. The standard InChI is InChI=1S/C24H27N5O3S/c30-24(26-18-19-7-6-14-25-17-19)27-20-10-12-21(13-11-20)33(31,32)28-22-8-2-3-9-23(22)29-15-4-1-5-16-29/h2-3,6-14,17,28H,1,4-5,15-16,18H2,(H2,26,27,30). The van der Waals surface area contributed by atoms with Crippen molar-refractivity contribution >= 4 is 33.1 Å². The van der Waals surface area contributed by atoms with Crippen molar-refractivity contribution in [2.24, 2.45) is 0 Å². The smallest absolute Gasteiger partial charge is 0.319 e. The quantitative estimate of drug-likeness (QED) is 0.485. The zero-order valence-corrected chi connectivity index (χ0v) is 19.0. The molecule has 1 aliphatic rings. The molecule has 2 heterocycles. The molecule has 1 aromatic heterocycles. The minimum atomic E-state index is -3.78. The molecular formula is C24H27N5O3S. The fourth-order valence-electron chi connectivity index (χ4n) is 3.75. The lowest BCUT2D eigenvalue weighted by atomic mass is 10.1. The van der Waals surface area contributed by atoms with E-state index in [0.29, 0.717) is 17.9 Å². The number of hydrogen-bond donors (Lipinski definition) is 3. The van der Waals surface area contributed by atoms with E-state index in [4.69, 9.17) is 0 Å². The van der Waals surface area contributed by atoms with E-state index in [-0.39, 0.29) is 10.9 Å². The number of hydrogen-bond acceptors (Lipinski definition) is 5. The van der Waals surface area contributed by atoms with E-state index in [1.165, 1.54) is 18.6 Å². The van der Waals surface area contributed by atoms with Gasteiger partial charge in [-0.3, -0.25) is 9.71 Å². The monoisotopic (exact) mass is 465 g/mol. The van der Waals surface area contributed by atoms with Gasteiger partial charge in [-0.25, -0.2) is 13.2 Å². The number of piperidine rings is 1. The van der Waals surface area contributed by atoms with Crippen molar-refractivity contribution < 1.29 is 13.2 Å². The molecule has 0 saturated carbocycles. The number of benzene rings is 2. The molecule has 2 aromatic carbocycles. The molecule has 1 aliphatic heterocycles. The average Bonchev–Trinajstić information content (AvgIpc) is 2.84. The summed E-state index contributed by atoms with van der Waals surface area (Å²) in [6.07, 6.45) is 6.75. The first kappa shape index (κ1) is 22.6. The highest BCUT2D eigenvalue weighted by Crippen LogP contribution is 2.30. The molecule has 9 heteroatoms. The Hall–Kier alpha value is -3.59. The van der Waals surface area contributed by atoms with Gasteiger partial charge in [0.25, 0.3) is 10.0 Å². The van der Waals surface area contributed by atoms with Crippen molar-refractivity contribution in [1.82, 2.24) is 10.3 Å². The van der Waals surface area contributed by atoms with Gasteiger partial charge in [-0.15, -0.1) is 0 Å². The van der Waals surface area contributed by atoms with E-state index in [9.17, 15) is 13.2 Å². The van der Waals surface area contributed by atoms with Crippen LogP contribution in [0.3, 0.4) is 0 Å². The fourth-order valence-corrected chi connectivity index (χ4v) is 4.83. The Morgan fingerprint density at radius 2 is 1.70 bits per heavy atom. The molecule has 0 atom stereocenters.